The second kappa shape index (κ2) is 9.19. The third kappa shape index (κ3) is 4.51. The van der Waals surface area contributed by atoms with Gasteiger partial charge in [0, 0.05) is 48.9 Å². The lowest BCUT2D eigenvalue weighted by molar-refractivity contribution is 0.0712. The zero-order valence-corrected chi connectivity index (χ0v) is 20.7. The molecule has 1 N–H and O–H groups in total. The molecule has 2 aromatic carbocycles. The van der Waals surface area contributed by atoms with Gasteiger partial charge >= 0.3 is 0 Å². The second-order valence-electron chi connectivity index (χ2n) is 10.2. The summed E-state index contributed by atoms with van der Waals surface area (Å²) in [6.07, 6.45) is 2.88. The molecule has 0 radical (unpaired) electrons. The van der Waals surface area contributed by atoms with Crippen LogP contribution in [0.25, 0.3) is 10.9 Å². The monoisotopic (exact) mass is 479 g/mol. The highest BCUT2D eigenvalue weighted by Crippen LogP contribution is 2.31. The van der Waals surface area contributed by atoms with E-state index in [2.05, 4.69) is 37.0 Å². The minimum Gasteiger partial charge on any atom is -0.358 e. The van der Waals surface area contributed by atoms with Gasteiger partial charge in [-0.1, -0.05) is 32.0 Å². The lowest BCUT2D eigenvalue weighted by atomic mass is 9.93. The molecule has 0 aliphatic carbocycles. The number of H-pyrrole nitrogens is 1. The van der Waals surface area contributed by atoms with Gasteiger partial charge in [0.2, 0.25) is 10.0 Å². The molecule has 0 saturated carbocycles. The van der Waals surface area contributed by atoms with E-state index in [1.54, 1.807) is 28.6 Å². The maximum Gasteiger partial charge on any atom is 0.253 e. The predicted molar refractivity (Wildman–Crippen MR) is 134 cm³/mol. The highest BCUT2D eigenvalue weighted by molar-refractivity contribution is 7.89. The zero-order valence-electron chi connectivity index (χ0n) is 19.9. The van der Waals surface area contributed by atoms with Crippen LogP contribution in [0.3, 0.4) is 0 Å². The van der Waals surface area contributed by atoms with Gasteiger partial charge in [0.1, 0.15) is 0 Å². The molecule has 3 aromatic rings. The highest BCUT2D eigenvalue weighted by Gasteiger charge is 2.32. The first kappa shape index (κ1) is 23.1. The third-order valence-corrected chi connectivity index (χ3v) is 9.19. The Morgan fingerprint density at radius 2 is 1.59 bits per heavy atom. The van der Waals surface area contributed by atoms with Crippen molar-refractivity contribution in [1.29, 1.82) is 0 Å². The number of aromatic nitrogens is 1. The van der Waals surface area contributed by atoms with E-state index in [-0.39, 0.29) is 10.8 Å². The van der Waals surface area contributed by atoms with Gasteiger partial charge in [-0.25, -0.2) is 8.42 Å². The van der Waals surface area contributed by atoms with Gasteiger partial charge in [-0.3, -0.25) is 4.79 Å². The summed E-state index contributed by atoms with van der Waals surface area (Å²) in [5, 5.41) is 1.22. The Morgan fingerprint density at radius 3 is 2.24 bits per heavy atom. The summed E-state index contributed by atoms with van der Waals surface area (Å²) in [6.45, 7) is 6.70. The van der Waals surface area contributed by atoms with Crippen LogP contribution in [0.1, 0.15) is 55.1 Å². The van der Waals surface area contributed by atoms with Crippen LogP contribution in [0.15, 0.2) is 59.5 Å². The molecule has 2 aliphatic heterocycles. The van der Waals surface area contributed by atoms with E-state index < -0.39 is 10.0 Å². The van der Waals surface area contributed by atoms with E-state index in [4.69, 9.17) is 0 Å². The molecule has 2 saturated heterocycles. The van der Waals surface area contributed by atoms with Gasteiger partial charge < -0.3 is 9.88 Å². The number of nitrogens with zero attached hydrogens (tertiary/aromatic N) is 2. The standard InChI is InChI=1S/C27H33N3O3S/c1-19-15-20(2)18-30(17-19)34(32,33)24-9-7-22(8-10-24)27(31)29-13-11-21(12-14-29)26-16-23-5-3-4-6-25(23)28-26/h3-10,16,19-21,28H,11-15,17-18H2,1-2H3. The maximum absolute atomic E-state index is 13.1. The number of nitrogens with one attached hydrogen (secondary N) is 1. The van der Waals surface area contributed by atoms with Crippen molar-refractivity contribution in [3.8, 4) is 0 Å². The Morgan fingerprint density at radius 1 is 0.941 bits per heavy atom. The molecule has 7 heteroatoms. The number of hydrogen-bond acceptors (Lipinski definition) is 3. The van der Waals surface area contributed by atoms with E-state index >= 15 is 0 Å². The number of amides is 1. The third-order valence-electron chi connectivity index (χ3n) is 7.35. The van der Waals surface area contributed by atoms with Gasteiger partial charge in [0.05, 0.1) is 4.90 Å². The Balaban J connectivity index is 1.23. The zero-order chi connectivity index (χ0) is 23.9. The first-order chi connectivity index (χ1) is 16.3. The topological polar surface area (TPSA) is 73.5 Å². The Labute approximate surface area is 202 Å². The van der Waals surface area contributed by atoms with Crippen molar-refractivity contribution in [3.05, 3.63) is 65.9 Å². The average Bonchev–Trinajstić information content (AvgIpc) is 3.27. The molecule has 2 atom stereocenters. The van der Waals surface area contributed by atoms with Gasteiger partial charge in [-0.2, -0.15) is 4.31 Å². The summed E-state index contributed by atoms with van der Waals surface area (Å²) >= 11 is 0. The summed E-state index contributed by atoms with van der Waals surface area (Å²) in [7, 11) is -3.54. The number of rotatable bonds is 4. The molecule has 3 heterocycles. The summed E-state index contributed by atoms with van der Waals surface area (Å²) < 4.78 is 27.8. The van der Waals surface area contributed by atoms with Crippen molar-refractivity contribution in [2.45, 2.75) is 43.9 Å². The SMILES string of the molecule is CC1CC(C)CN(S(=O)(=O)c2ccc(C(=O)N3CCC(c4cc5ccccc5[nH]4)CC3)cc2)C1. The number of piperidine rings is 2. The van der Waals surface area contributed by atoms with E-state index in [0.717, 1.165) is 24.8 Å². The molecule has 1 amide bonds. The largest absolute Gasteiger partial charge is 0.358 e. The molecule has 2 fully saturated rings. The number of aromatic amines is 1. The van der Waals surface area contributed by atoms with E-state index in [9.17, 15) is 13.2 Å². The van der Waals surface area contributed by atoms with Crippen LogP contribution in [0.4, 0.5) is 0 Å². The van der Waals surface area contributed by atoms with Crippen molar-refractivity contribution in [2.75, 3.05) is 26.2 Å². The fourth-order valence-corrected chi connectivity index (χ4v) is 7.29. The summed E-state index contributed by atoms with van der Waals surface area (Å²) in [4.78, 5) is 18.8. The summed E-state index contributed by atoms with van der Waals surface area (Å²) in [5.41, 5.74) is 2.94. The van der Waals surface area contributed by atoms with Crippen LogP contribution in [-0.4, -0.2) is 54.7 Å². The first-order valence-corrected chi connectivity index (χ1v) is 13.7. The van der Waals surface area contributed by atoms with Gasteiger partial charge in [-0.05, 0) is 72.9 Å². The number of benzene rings is 2. The number of fused-ring (bicyclic) bond motifs is 1. The van der Waals surface area contributed by atoms with Gasteiger partial charge in [-0.15, -0.1) is 0 Å². The summed E-state index contributed by atoms with van der Waals surface area (Å²) in [5.74, 6) is 1.09. The molecule has 2 aliphatic rings. The van der Waals surface area contributed by atoms with E-state index in [0.29, 0.717) is 49.5 Å². The maximum atomic E-state index is 13.1. The molecule has 0 spiro atoms. The number of carbonyl (C=O) groups excluding carboxylic acids is 1. The van der Waals surface area contributed by atoms with Crippen molar-refractivity contribution >= 4 is 26.8 Å². The number of para-hydroxylation sites is 1. The smallest absolute Gasteiger partial charge is 0.253 e. The lowest BCUT2D eigenvalue weighted by Gasteiger charge is -2.34. The molecule has 6 nitrogen and oxygen atoms in total. The minimum absolute atomic E-state index is 0.0285. The van der Waals surface area contributed by atoms with Crippen LogP contribution >= 0.6 is 0 Å². The molecule has 5 rings (SSSR count). The quantitative estimate of drug-likeness (QED) is 0.581. The number of sulfonamides is 1. The van der Waals surface area contributed by atoms with Crippen LogP contribution in [-0.2, 0) is 10.0 Å². The number of carbonyl (C=O) groups is 1. The minimum atomic E-state index is -3.54. The Hall–Kier alpha value is -2.64. The number of hydrogen-bond donors (Lipinski definition) is 1. The Bertz CT molecular complexity index is 1230. The molecular weight excluding hydrogens is 446 g/mol. The van der Waals surface area contributed by atoms with Crippen LogP contribution < -0.4 is 0 Å². The van der Waals surface area contributed by atoms with Crippen LogP contribution in [0.5, 0.6) is 0 Å². The van der Waals surface area contributed by atoms with Crippen molar-refractivity contribution in [3.63, 3.8) is 0 Å². The average molecular weight is 480 g/mol. The summed E-state index contributed by atoms with van der Waals surface area (Å²) in [6, 6.07) is 17.0. The van der Waals surface area contributed by atoms with Gasteiger partial charge in [0.15, 0.2) is 0 Å². The molecule has 0 bridgehead atoms. The second-order valence-corrected chi connectivity index (χ2v) is 12.1. The normalized spacial score (nSPS) is 22.8. The van der Waals surface area contributed by atoms with E-state index in [1.165, 1.54) is 11.1 Å². The number of likely N-dealkylation sites (tertiary alicyclic amines) is 1. The Kier molecular flexibility index (Phi) is 6.25. The lowest BCUT2D eigenvalue weighted by Crippen LogP contribution is -2.42. The highest BCUT2D eigenvalue weighted by atomic mass is 32.2. The molecular formula is C27H33N3O3S. The van der Waals surface area contributed by atoms with Crippen molar-refractivity contribution in [2.24, 2.45) is 11.8 Å². The molecule has 1 aromatic heterocycles. The predicted octanol–water partition coefficient (Wildman–Crippen LogP) is 4.85. The van der Waals surface area contributed by atoms with Crippen LogP contribution in [0.2, 0.25) is 0 Å². The van der Waals surface area contributed by atoms with E-state index in [1.807, 2.05) is 17.0 Å². The van der Waals surface area contributed by atoms with Crippen molar-refractivity contribution < 1.29 is 13.2 Å². The fraction of sp³-hybridized carbons (Fsp3) is 0.444. The molecule has 2 unspecified atom stereocenters. The van der Waals surface area contributed by atoms with Crippen molar-refractivity contribution in [1.82, 2.24) is 14.2 Å². The molecule has 180 valence electrons. The first-order valence-electron chi connectivity index (χ1n) is 12.3. The molecule has 34 heavy (non-hydrogen) atoms. The van der Waals surface area contributed by atoms with Crippen LogP contribution in [0, 0.1) is 11.8 Å². The fourth-order valence-electron chi connectivity index (χ4n) is 5.61. The van der Waals surface area contributed by atoms with Gasteiger partial charge in [0.25, 0.3) is 5.91 Å².